The van der Waals surface area contributed by atoms with Crippen LogP contribution in [0.1, 0.15) is 0 Å². The molecular formula is C26H12S6. The summed E-state index contributed by atoms with van der Waals surface area (Å²) < 4.78 is 8.48. The Morgan fingerprint density at radius 2 is 0.938 bits per heavy atom. The number of thiophene rings is 6. The van der Waals surface area contributed by atoms with Crippen molar-refractivity contribution in [3.05, 3.63) is 71.4 Å². The van der Waals surface area contributed by atoms with E-state index in [1.54, 1.807) is 0 Å². The number of benzene rings is 2. The third kappa shape index (κ3) is 2.62. The molecule has 0 fully saturated rings. The molecular weight excluding hydrogens is 505 g/mol. The zero-order valence-corrected chi connectivity index (χ0v) is 21.3. The molecule has 0 spiro atoms. The van der Waals surface area contributed by atoms with Gasteiger partial charge in [-0.1, -0.05) is 12.1 Å². The van der Waals surface area contributed by atoms with Gasteiger partial charge in [-0.15, -0.1) is 68.0 Å². The smallest absolute Gasteiger partial charge is 0.0542 e. The highest BCUT2D eigenvalue weighted by Crippen LogP contribution is 2.49. The van der Waals surface area contributed by atoms with Gasteiger partial charge >= 0.3 is 0 Å². The molecule has 0 amide bonds. The molecule has 0 bridgehead atoms. The summed E-state index contributed by atoms with van der Waals surface area (Å²) >= 11 is 11.4. The van der Waals surface area contributed by atoms with Crippen LogP contribution in [0.3, 0.4) is 0 Å². The number of hydrogen-bond donors (Lipinski definition) is 0. The summed E-state index contributed by atoms with van der Waals surface area (Å²) in [4.78, 5) is 5.48. The monoisotopic (exact) mass is 516 g/mol. The lowest BCUT2D eigenvalue weighted by molar-refractivity contribution is 1.96. The van der Waals surface area contributed by atoms with Crippen LogP contribution in [0.2, 0.25) is 0 Å². The molecule has 6 heteroatoms. The summed E-state index contributed by atoms with van der Waals surface area (Å²) in [7, 11) is 0. The molecule has 0 saturated heterocycles. The molecule has 0 nitrogen and oxygen atoms in total. The van der Waals surface area contributed by atoms with Gasteiger partial charge in [0.05, 0.1) is 9.40 Å². The summed E-state index contributed by atoms with van der Waals surface area (Å²) in [5.41, 5.74) is 0. The van der Waals surface area contributed by atoms with Gasteiger partial charge in [0.25, 0.3) is 0 Å². The van der Waals surface area contributed by atoms with Gasteiger partial charge in [-0.05, 0) is 70.1 Å². The van der Waals surface area contributed by atoms with E-state index in [9.17, 15) is 0 Å². The number of fused-ring (bicyclic) bond motifs is 7. The van der Waals surface area contributed by atoms with Crippen molar-refractivity contribution < 1.29 is 0 Å². The second-order valence-corrected chi connectivity index (χ2v) is 14.0. The highest BCUT2D eigenvalue weighted by Gasteiger charge is 2.16. The molecule has 0 aliphatic heterocycles. The predicted octanol–water partition coefficient (Wildman–Crippen LogP) is 11.2. The van der Waals surface area contributed by atoms with E-state index in [4.69, 9.17) is 0 Å². The maximum Gasteiger partial charge on any atom is 0.0542 e. The summed E-state index contributed by atoms with van der Waals surface area (Å²) in [6.45, 7) is 0. The molecule has 0 atom stereocenters. The van der Waals surface area contributed by atoms with Crippen LogP contribution in [0, 0.1) is 0 Å². The zero-order valence-electron chi connectivity index (χ0n) is 16.4. The van der Waals surface area contributed by atoms with E-state index < -0.39 is 0 Å². The topological polar surface area (TPSA) is 0 Å². The van der Waals surface area contributed by atoms with Crippen molar-refractivity contribution in [2.75, 3.05) is 0 Å². The lowest BCUT2D eigenvalue weighted by atomic mass is 10.2. The highest BCUT2D eigenvalue weighted by atomic mass is 32.1. The SMILES string of the molecule is c1csc(-c2cc3cc4sc5c6cc7sc(-c8cccs8)cc7cc6sc5c4cc3s2)c1. The minimum Gasteiger partial charge on any atom is -0.143 e. The Morgan fingerprint density at radius 1 is 0.438 bits per heavy atom. The van der Waals surface area contributed by atoms with E-state index in [2.05, 4.69) is 71.4 Å². The van der Waals surface area contributed by atoms with E-state index in [1.165, 1.54) is 69.3 Å². The molecule has 152 valence electrons. The van der Waals surface area contributed by atoms with Crippen molar-refractivity contribution in [2.24, 2.45) is 0 Å². The first kappa shape index (κ1) is 18.4. The van der Waals surface area contributed by atoms with E-state index in [1.807, 2.05) is 68.0 Å². The third-order valence-electron chi connectivity index (χ3n) is 5.88. The molecule has 0 radical (unpaired) electrons. The fourth-order valence-electron chi connectivity index (χ4n) is 4.40. The van der Waals surface area contributed by atoms with Crippen LogP contribution in [-0.4, -0.2) is 0 Å². The van der Waals surface area contributed by atoms with Crippen LogP contribution in [0.4, 0.5) is 0 Å². The van der Waals surface area contributed by atoms with Crippen molar-refractivity contribution in [3.63, 3.8) is 0 Å². The molecule has 6 heterocycles. The second-order valence-electron chi connectivity index (χ2n) is 7.81. The van der Waals surface area contributed by atoms with Crippen molar-refractivity contribution in [2.45, 2.75) is 0 Å². The molecule has 6 aromatic heterocycles. The Morgan fingerprint density at radius 3 is 1.38 bits per heavy atom. The summed E-state index contributed by atoms with van der Waals surface area (Å²) in [6, 6.07) is 23.1. The number of rotatable bonds is 2. The summed E-state index contributed by atoms with van der Waals surface area (Å²) in [5.74, 6) is 0. The molecule has 0 saturated carbocycles. The lowest BCUT2D eigenvalue weighted by Crippen LogP contribution is -1.64. The van der Waals surface area contributed by atoms with Gasteiger partial charge in [0.1, 0.15) is 0 Å². The van der Waals surface area contributed by atoms with E-state index in [0.717, 1.165) is 0 Å². The zero-order chi connectivity index (χ0) is 20.8. The third-order valence-corrected chi connectivity index (χ3v) is 12.7. The summed E-state index contributed by atoms with van der Waals surface area (Å²) in [5, 5.41) is 9.89. The predicted molar refractivity (Wildman–Crippen MR) is 152 cm³/mol. The quantitative estimate of drug-likeness (QED) is 0.214. The average molecular weight is 517 g/mol. The lowest BCUT2D eigenvalue weighted by Gasteiger charge is -1.93. The highest BCUT2D eigenvalue weighted by molar-refractivity contribution is 7.37. The first-order chi connectivity index (χ1) is 15.8. The van der Waals surface area contributed by atoms with Gasteiger partial charge in [-0.25, -0.2) is 0 Å². The van der Waals surface area contributed by atoms with Crippen LogP contribution in [-0.2, 0) is 0 Å². The first-order valence-electron chi connectivity index (χ1n) is 10.1. The minimum absolute atomic E-state index is 1.36. The van der Waals surface area contributed by atoms with Gasteiger partial charge in [0, 0.05) is 49.1 Å². The number of hydrogen-bond acceptors (Lipinski definition) is 6. The van der Waals surface area contributed by atoms with E-state index >= 15 is 0 Å². The summed E-state index contributed by atoms with van der Waals surface area (Å²) in [6.07, 6.45) is 0. The molecule has 2 aromatic carbocycles. The molecule has 0 unspecified atom stereocenters. The Labute approximate surface area is 207 Å². The largest absolute Gasteiger partial charge is 0.143 e. The van der Waals surface area contributed by atoms with Crippen LogP contribution in [0.25, 0.3) is 69.3 Å². The molecule has 8 aromatic rings. The van der Waals surface area contributed by atoms with E-state index in [0.29, 0.717) is 0 Å². The van der Waals surface area contributed by atoms with Crippen molar-refractivity contribution >= 4 is 118 Å². The fourth-order valence-corrected chi connectivity index (χ4v) is 10.9. The van der Waals surface area contributed by atoms with Gasteiger partial charge in [0.15, 0.2) is 0 Å². The van der Waals surface area contributed by atoms with Gasteiger partial charge < -0.3 is 0 Å². The fraction of sp³-hybridized carbons (Fsp3) is 0. The van der Waals surface area contributed by atoms with Crippen molar-refractivity contribution in [3.8, 4) is 19.5 Å². The Balaban J connectivity index is 1.35. The maximum atomic E-state index is 2.43. The van der Waals surface area contributed by atoms with Gasteiger partial charge in [-0.2, -0.15) is 0 Å². The molecule has 0 N–H and O–H groups in total. The van der Waals surface area contributed by atoms with Gasteiger partial charge in [-0.3, -0.25) is 0 Å². The molecule has 32 heavy (non-hydrogen) atoms. The Bertz CT molecular complexity index is 1770. The van der Waals surface area contributed by atoms with Crippen molar-refractivity contribution in [1.82, 2.24) is 0 Å². The second kappa shape index (κ2) is 6.73. The Kier molecular flexibility index (Phi) is 3.86. The van der Waals surface area contributed by atoms with E-state index in [-0.39, 0.29) is 0 Å². The van der Waals surface area contributed by atoms with Gasteiger partial charge in [0.2, 0.25) is 0 Å². The first-order valence-corrected chi connectivity index (χ1v) is 15.2. The normalized spacial score (nSPS) is 12.4. The molecule has 0 aliphatic carbocycles. The van der Waals surface area contributed by atoms with Crippen LogP contribution < -0.4 is 0 Å². The molecule has 8 rings (SSSR count). The van der Waals surface area contributed by atoms with Crippen molar-refractivity contribution in [1.29, 1.82) is 0 Å². The van der Waals surface area contributed by atoms with Crippen LogP contribution in [0.15, 0.2) is 71.4 Å². The Hall–Kier alpha value is -2.06. The minimum atomic E-state index is 1.36. The van der Waals surface area contributed by atoms with Crippen LogP contribution >= 0.6 is 68.0 Å². The molecule has 0 aliphatic rings. The maximum absolute atomic E-state index is 2.43. The standard InChI is InChI=1S/C26H12S6/c1-3-17(27-5-1)23-9-13-7-21-15(11-19(13)29-23)25-26(31-21)16-12-20-14(8-22(16)32-25)10-24(30-20)18-4-2-6-28-18/h1-12H. The van der Waals surface area contributed by atoms with Crippen LogP contribution in [0.5, 0.6) is 0 Å². The average Bonchev–Trinajstić information content (AvgIpc) is 3.61.